The van der Waals surface area contributed by atoms with Gasteiger partial charge in [-0.05, 0) is 61.1 Å². The third-order valence-corrected chi connectivity index (χ3v) is 4.76. The fourth-order valence-corrected chi connectivity index (χ4v) is 3.62. The third-order valence-electron chi connectivity index (χ3n) is 4.44. The molecule has 0 amide bonds. The lowest BCUT2D eigenvalue weighted by Gasteiger charge is -2.30. The highest BCUT2D eigenvalue weighted by Crippen LogP contribution is 2.36. The molecule has 0 unspecified atom stereocenters. The van der Waals surface area contributed by atoms with Gasteiger partial charge in [0.1, 0.15) is 0 Å². The number of rotatable bonds is 5. The summed E-state index contributed by atoms with van der Waals surface area (Å²) in [5, 5.41) is 10.2. The first-order valence-electron chi connectivity index (χ1n) is 8.89. The lowest BCUT2D eigenvalue weighted by molar-refractivity contribution is 0.786. The Kier molecular flexibility index (Phi) is 6.14. The molecule has 0 fully saturated rings. The van der Waals surface area contributed by atoms with Gasteiger partial charge >= 0.3 is 0 Å². The molecule has 25 heavy (non-hydrogen) atoms. The number of nitrogens with zero attached hydrogens (tertiary/aromatic N) is 2. The zero-order chi connectivity index (χ0) is 18.7. The molecule has 2 nitrogen and oxygen atoms in total. The first-order chi connectivity index (χ1) is 11.8. The molecule has 0 saturated carbocycles. The third kappa shape index (κ3) is 4.17. The van der Waals surface area contributed by atoms with Crippen LogP contribution in [0.3, 0.4) is 0 Å². The van der Waals surface area contributed by atoms with Gasteiger partial charge in [0.25, 0.3) is 0 Å². The van der Waals surface area contributed by atoms with Crippen molar-refractivity contribution in [3.8, 4) is 6.07 Å². The van der Waals surface area contributed by atoms with Crippen molar-refractivity contribution in [2.45, 2.75) is 59.4 Å². The number of benzene rings is 2. The Morgan fingerprint density at radius 2 is 1.48 bits per heavy atom. The van der Waals surface area contributed by atoms with Crippen LogP contribution in [-0.4, -0.2) is 6.04 Å². The van der Waals surface area contributed by atoms with Crippen LogP contribution in [0.5, 0.6) is 0 Å². The van der Waals surface area contributed by atoms with E-state index in [-0.39, 0.29) is 12.0 Å². The van der Waals surface area contributed by atoms with E-state index in [0.717, 1.165) is 16.9 Å². The second kappa shape index (κ2) is 7.93. The summed E-state index contributed by atoms with van der Waals surface area (Å²) in [7, 11) is 0. The molecule has 0 atom stereocenters. The summed E-state index contributed by atoms with van der Waals surface area (Å²) in [6.07, 6.45) is 0. The van der Waals surface area contributed by atoms with E-state index in [1.54, 1.807) is 0 Å². The van der Waals surface area contributed by atoms with Gasteiger partial charge in [-0.3, -0.25) is 0 Å². The van der Waals surface area contributed by atoms with Gasteiger partial charge < -0.3 is 4.90 Å². The molecule has 132 valence electrons. The number of halogens is 1. The summed E-state index contributed by atoms with van der Waals surface area (Å²) in [6, 6.07) is 15.1. The molecule has 2 aromatic rings. The number of nitriles is 1. The molecule has 0 spiro atoms. The Balaban J connectivity index is 2.55. The van der Waals surface area contributed by atoms with E-state index >= 15 is 0 Å². The first kappa shape index (κ1) is 19.3. The van der Waals surface area contributed by atoms with Gasteiger partial charge in [-0.15, -0.1) is 0 Å². The van der Waals surface area contributed by atoms with E-state index in [1.807, 2.05) is 12.1 Å². The fourth-order valence-electron chi connectivity index (χ4n) is 3.19. The van der Waals surface area contributed by atoms with Crippen molar-refractivity contribution in [1.82, 2.24) is 0 Å². The van der Waals surface area contributed by atoms with E-state index in [2.05, 4.69) is 76.8 Å². The van der Waals surface area contributed by atoms with Crippen LogP contribution in [0.15, 0.2) is 36.4 Å². The van der Waals surface area contributed by atoms with E-state index in [0.29, 0.717) is 16.5 Å². The minimum Gasteiger partial charge on any atom is -0.339 e. The largest absolute Gasteiger partial charge is 0.339 e. The van der Waals surface area contributed by atoms with E-state index < -0.39 is 0 Å². The van der Waals surface area contributed by atoms with Crippen LogP contribution < -0.4 is 4.90 Å². The molecule has 0 heterocycles. The van der Waals surface area contributed by atoms with Crippen LogP contribution in [0.1, 0.15) is 70.1 Å². The Labute approximate surface area is 157 Å². The summed E-state index contributed by atoms with van der Waals surface area (Å²) in [6.45, 7) is 12.8. The summed E-state index contributed by atoms with van der Waals surface area (Å²) >= 11 is 6.53. The Morgan fingerprint density at radius 3 is 1.92 bits per heavy atom. The monoisotopic (exact) mass is 354 g/mol. The van der Waals surface area contributed by atoms with Crippen LogP contribution >= 0.6 is 11.6 Å². The van der Waals surface area contributed by atoms with Gasteiger partial charge in [-0.25, -0.2) is 0 Å². The molecule has 0 radical (unpaired) electrons. The lowest BCUT2D eigenvalue weighted by Crippen LogP contribution is -2.25. The predicted molar refractivity (Wildman–Crippen MR) is 108 cm³/mol. The topological polar surface area (TPSA) is 27.0 Å². The highest BCUT2D eigenvalue weighted by atomic mass is 35.5. The fraction of sp³-hybridized carbons (Fsp3) is 0.409. The van der Waals surface area contributed by atoms with Crippen LogP contribution in [-0.2, 0) is 0 Å². The zero-order valence-electron chi connectivity index (χ0n) is 16.0. The maximum absolute atomic E-state index is 9.58. The quantitative estimate of drug-likeness (QED) is 0.577. The maximum Gasteiger partial charge on any atom is 0.0995 e. The van der Waals surface area contributed by atoms with E-state index in [1.165, 1.54) is 5.56 Å². The second-order valence-electron chi connectivity index (χ2n) is 7.37. The summed E-state index contributed by atoms with van der Waals surface area (Å²) in [5.41, 5.74) is 4.96. The molecule has 0 aliphatic heterocycles. The molecule has 2 rings (SSSR count). The maximum atomic E-state index is 9.58. The normalized spacial score (nSPS) is 11.2. The van der Waals surface area contributed by atoms with Crippen molar-refractivity contribution in [3.63, 3.8) is 0 Å². The van der Waals surface area contributed by atoms with E-state index in [9.17, 15) is 5.26 Å². The molecular weight excluding hydrogens is 328 g/mol. The molecule has 0 saturated heterocycles. The first-order valence-corrected chi connectivity index (χ1v) is 9.26. The van der Waals surface area contributed by atoms with Crippen LogP contribution in [0.2, 0.25) is 5.02 Å². The smallest absolute Gasteiger partial charge is 0.0995 e. The molecule has 0 bridgehead atoms. The molecule has 2 aromatic carbocycles. The highest BCUT2D eigenvalue weighted by molar-refractivity contribution is 6.32. The minimum atomic E-state index is 0.217. The molecular formula is C22H27ClN2. The second-order valence-corrected chi connectivity index (χ2v) is 7.77. The van der Waals surface area contributed by atoms with Crippen molar-refractivity contribution in [2.75, 3.05) is 4.90 Å². The lowest BCUT2D eigenvalue weighted by atomic mass is 9.96. The van der Waals surface area contributed by atoms with Gasteiger partial charge in [0.15, 0.2) is 0 Å². The number of anilines is 2. The predicted octanol–water partition coefficient (Wildman–Crippen LogP) is 7.00. The van der Waals surface area contributed by atoms with Crippen LogP contribution in [0.4, 0.5) is 11.4 Å². The van der Waals surface area contributed by atoms with Crippen molar-refractivity contribution in [2.24, 2.45) is 0 Å². The Hall–Kier alpha value is -1.98. The van der Waals surface area contributed by atoms with Crippen molar-refractivity contribution in [1.29, 1.82) is 5.26 Å². The Morgan fingerprint density at radius 1 is 0.880 bits per heavy atom. The van der Waals surface area contributed by atoms with Crippen molar-refractivity contribution < 1.29 is 0 Å². The standard InChI is InChI=1S/C22H27ClN2/c1-14(2)17-7-9-19(10-8-17)25(16(5)6)20-11-18(13-24)22(15(3)4)21(23)12-20/h7-12,14-16H,1-6H3. The average molecular weight is 355 g/mol. The van der Waals surface area contributed by atoms with Crippen molar-refractivity contribution >= 4 is 23.0 Å². The molecule has 0 N–H and O–H groups in total. The molecule has 0 aromatic heterocycles. The Bertz CT molecular complexity index is 768. The van der Waals surface area contributed by atoms with Crippen LogP contribution in [0.25, 0.3) is 0 Å². The van der Waals surface area contributed by atoms with E-state index in [4.69, 9.17) is 11.6 Å². The highest BCUT2D eigenvalue weighted by Gasteiger charge is 2.19. The van der Waals surface area contributed by atoms with Gasteiger partial charge in [0.2, 0.25) is 0 Å². The van der Waals surface area contributed by atoms with Crippen LogP contribution in [0, 0.1) is 11.3 Å². The minimum absolute atomic E-state index is 0.217. The summed E-state index contributed by atoms with van der Waals surface area (Å²) in [5.74, 6) is 0.723. The molecule has 3 heteroatoms. The van der Waals surface area contributed by atoms with Gasteiger partial charge in [0.05, 0.1) is 11.6 Å². The summed E-state index contributed by atoms with van der Waals surface area (Å²) < 4.78 is 0. The summed E-state index contributed by atoms with van der Waals surface area (Å²) in [4.78, 5) is 2.22. The van der Waals surface area contributed by atoms with Gasteiger partial charge in [-0.1, -0.05) is 51.4 Å². The van der Waals surface area contributed by atoms with Gasteiger partial charge in [-0.2, -0.15) is 5.26 Å². The number of hydrogen-bond acceptors (Lipinski definition) is 2. The number of hydrogen-bond donors (Lipinski definition) is 0. The molecule has 0 aliphatic carbocycles. The molecule has 0 aliphatic rings. The average Bonchev–Trinajstić information content (AvgIpc) is 2.54. The zero-order valence-corrected chi connectivity index (χ0v) is 16.7. The van der Waals surface area contributed by atoms with Gasteiger partial charge in [0, 0.05) is 22.4 Å². The SMILES string of the molecule is CC(C)c1ccc(N(c2cc(Cl)c(C(C)C)c(C#N)c2)C(C)C)cc1. The van der Waals surface area contributed by atoms with Crippen molar-refractivity contribution in [3.05, 3.63) is 58.1 Å².